The van der Waals surface area contributed by atoms with Crippen LogP contribution >= 0.6 is 15.9 Å². The zero-order chi connectivity index (χ0) is 12.4. The lowest BCUT2D eigenvalue weighted by molar-refractivity contribution is 0.573. The summed E-state index contributed by atoms with van der Waals surface area (Å²) in [7, 11) is 0. The number of hydrogen-bond donors (Lipinski definition) is 1. The maximum Gasteiger partial charge on any atom is 0.251 e. The molecule has 0 saturated carbocycles. The van der Waals surface area contributed by atoms with E-state index < -0.39 is 0 Å². The highest BCUT2D eigenvalue weighted by Crippen LogP contribution is 2.25. The monoisotopic (exact) mass is 296 g/mol. The summed E-state index contributed by atoms with van der Waals surface area (Å²) in [5.41, 5.74) is 0.621. The Morgan fingerprint density at radius 3 is 2.88 bits per heavy atom. The summed E-state index contributed by atoms with van der Waals surface area (Å²) >= 11 is 3.35. The lowest BCUT2D eigenvalue weighted by Crippen LogP contribution is -2.11. The Labute approximate surface area is 107 Å². The highest BCUT2D eigenvalue weighted by molar-refractivity contribution is 9.10. The number of aromatic amines is 1. The first-order chi connectivity index (χ1) is 8.06. The van der Waals surface area contributed by atoms with Gasteiger partial charge in [0.05, 0.1) is 10.7 Å². The molecular weight excluding hydrogens is 284 g/mol. The van der Waals surface area contributed by atoms with Crippen molar-refractivity contribution in [3.8, 4) is 11.6 Å². The Balaban J connectivity index is 2.45. The molecule has 4 nitrogen and oxygen atoms in total. The van der Waals surface area contributed by atoms with Gasteiger partial charge in [-0.2, -0.15) is 0 Å². The first kappa shape index (κ1) is 12.1. The lowest BCUT2D eigenvalue weighted by Gasteiger charge is -2.05. The third-order valence-corrected chi connectivity index (χ3v) is 2.87. The quantitative estimate of drug-likeness (QED) is 0.947. The standard InChI is InChI=1S/C12H13BrN2O2/c1-7(2)5-8-6-10(16)15-12(14-8)11-9(13)3-4-17-11/h3-4,6-7H,5H2,1-2H3,(H,14,15,16). The van der Waals surface area contributed by atoms with Crippen molar-refractivity contribution in [3.63, 3.8) is 0 Å². The first-order valence-electron chi connectivity index (χ1n) is 5.40. The van der Waals surface area contributed by atoms with Crippen molar-refractivity contribution in [2.75, 3.05) is 0 Å². The molecule has 0 aliphatic rings. The van der Waals surface area contributed by atoms with Crippen molar-refractivity contribution in [3.05, 3.63) is 38.9 Å². The first-order valence-corrected chi connectivity index (χ1v) is 6.19. The van der Waals surface area contributed by atoms with Crippen molar-refractivity contribution in [1.82, 2.24) is 9.97 Å². The van der Waals surface area contributed by atoms with E-state index in [-0.39, 0.29) is 5.56 Å². The molecule has 2 aromatic rings. The maximum atomic E-state index is 11.5. The smallest absolute Gasteiger partial charge is 0.251 e. The lowest BCUT2D eigenvalue weighted by atomic mass is 10.1. The van der Waals surface area contributed by atoms with Crippen LogP contribution in [-0.2, 0) is 6.42 Å². The van der Waals surface area contributed by atoms with E-state index in [1.807, 2.05) is 0 Å². The molecular formula is C12H13BrN2O2. The van der Waals surface area contributed by atoms with E-state index in [0.717, 1.165) is 16.6 Å². The van der Waals surface area contributed by atoms with Crippen LogP contribution in [0.3, 0.4) is 0 Å². The number of aromatic nitrogens is 2. The zero-order valence-electron chi connectivity index (χ0n) is 9.66. The average Bonchev–Trinajstić information content (AvgIpc) is 2.62. The predicted octanol–water partition coefficient (Wildman–Crippen LogP) is 2.99. The molecule has 0 fully saturated rings. The summed E-state index contributed by atoms with van der Waals surface area (Å²) in [6.07, 6.45) is 2.32. The van der Waals surface area contributed by atoms with Gasteiger partial charge in [0, 0.05) is 11.8 Å². The van der Waals surface area contributed by atoms with E-state index in [4.69, 9.17) is 4.42 Å². The fourth-order valence-corrected chi connectivity index (χ4v) is 1.99. The van der Waals surface area contributed by atoms with E-state index in [1.54, 1.807) is 12.3 Å². The van der Waals surface area contributed by atoms with Crippen LogP contribution in [0.4, 0.5) is 0 Å². The Bertz CT molecular complexity index is 572. The van der Waals surface area contributed by atoms with Crippen LogP contribution in [0, 0.1) is 5.92 Å². The van der Waals surface area contributed by atoms with E-state index in [1.165, 1.54) is 6.07 Å². The largest absolute Gasteiger partial charge is 0.460 e. The normalized spacial score (nSPS) is 11.1. The third kappa shape index (κ3) is 2.85. The minimum Gasteiger partial charge on any atom is -0.460 e. The third-order valence-electron chi connectivity index (χ3n) is 2.24. The molecule has 0 aliphatic carbocycles. The van der Waals surface area contributed by atoms with Gasteiger partial charge in [0.2, 0.25) is 0 Å². The Morgan fingerprint density at radius 2 is 2.29 bits per heavy atom. The average molecular weight is 297 g/mol. The second-order valence-corrected chi connectivity index (χ2v) is 5.14. The summed E-state index contributed by atoms with van der Waals surface area (Å²) in [5.74, 6) is 1.47. The van der Waals surface area contributed by atoms with Crippen molar-refractivity contribution in [2.24, 2.45) is 5.92 Å². The predicted molar refractivity (Wildman–Crippen MR) is 68.8 cm³/mol. The molecule has 90 valence electrons. The Kier molecular flexibility index (Phi) is 3.47. The molecule has 0 atom stereocenters. The fourth-order valence-electron chi connectivity index (χ4n) is 1.60. The fraction of sp³-hybridized carbons (Fsp3) is 0.333. The van der Waals surface area contributed by atoms with E-state index >= 15 is 0 Å². The minimum absolute atomic E-state index is 0.158. The summed E-state index contributed by atoms with van der Waals surface area (Å²) in [5, 5.41) is 0. The summed E-state index contributed by atoms with van der Waals surface area (Å²) in [6, 6.07) is 3.30. The van der Waals surface area contributed by atoms with E-state index in [2.05, 4.69) is 39.7 Å². The van der Waals surface area contributed by atoms with Gasteiger partial charge in [0.1, 0.15) is 0 Å². The van der Waals surface area contributed by atoms with Gasteiger partial charge in [-0.3, -0.25) is 4.79 Å². The highest BCUT2D eigenvalue weighted by atomic mass is 79.9. The molecule has 17 heavy (non-hydrogen) atoms. The van der Waals surface area contributed by atoms with Crippen molar-refractivity contribution < 1.29 is 4.42 Å². The van der Waals surface area contributed by atoms with Crippen LogP contribution < -0.4 is 5.56 Å². The molecule has 2 rings (SSSR count). The van der Waals surface area contributed by atoms with Crippen LogP contribution in [0.5, 0.6) is 0 Å². The van der Waals surface area contributed by atoms with E-state index in [9.17, 15) is 4.79 Å². The van der Waals surface area contributed by atoms with Gasteiger partial charge in [-0.15, -0.1) is 0 Å². The molecule has 0 saturated heterocycles. The molecule has 0 unspecified atom stereocenters. The minimum atomic E-state index is -0.158. The number of furan rings is 1. The molecule has 0 aliphatic heterocycles. The van der Waals surface area contributed by atoms with Crippen molar-refractivity contribution >= 4 is 15.9 Å². The highest BCUT2D eigenvalue weighted by Gasteiger charge is 2.11. The molecule has 5 heteroatoms. The molecule has 2 aromatic heterocycles. The zero-order valence-corrected chi connectivity index (χ0v) is 11.2. The van der Waals surface area contributed by atoms with Gasteiger partial charge in [0.15, 0.2) is 11.6 Å². The van der Waals surface area contributed by atoms with Crippen LogP contribution in [0.25, 0.3) is 11.6 Å². The maximum absolute atomic E-state index is 11.5. The molecule has 0 aromatic carbocycles. The second kappa shape index (κ2) is 4.87. The SMILES string of the molecule is CC(C)Cc1cc(=O)[nH]c(-c2occc2Br)n1. The summed E-state index contributed by atoms with van der Waals surface area (Å²) in [4.78, 5) is 18.6. The van der Waals surface area contributed by atoms with Crippen LogP contribution in [-0.4, -0.2) is 9.97 Å². The summed E-state index contributed by atoms with van der Waals surface area (Å²) < 4.78 is 6.07. The second-order valence-electron chi connectivity index (χ2n) is 4.28. The van der Waals surface area contributed by atoms with Gasteiger partial charge in [-0.1, -0.05) is 13.8 Å². The molecule has 0 spiro atoms. The molecule has 0 bridgehead atoms. The number of halogens is 1. The summed E-state index contributed by atoms with van der Waals surface area (Å²) in [6.45, 7) is 4.18. The van der Waals surface area contributed by atoms with E-state index in [0.29, 0.717) is 17.5 Å². The van der Waals surface area contributed by atoms with Crippen molar-refractivity contribution in [2.45, 2.75) is 20.3 Å². The van der Waals surface area contributed by atoms with Gasteiger partial charge < -0.3 is 9.40 Å². The number of nitrogens with one attached hydrogen (secondary N) is 1. The van der Waals surface area contributed by atoms with Gasteiger partial charge in [-0.05, 0) is 34.3 Å². The molecule has 1 N–H and O–H groups in total. The molecule has 2 heterocycles. The van der Waals surface area contributed by atoms with Gasteiger partial charge in [0.25, 0.3) is 5.56 Å². The Hall–Kier alpha value is -1.36. The Morgan fingerprint density at radius 1 is 1.53 bits per heavy atom. The van der Waals surface area contributed by atoms with Gasteiger partial charge in [-0.25, -0.2) is 4.98 Å². The van der Waals surface area contributed by atoms with Crippen LogP contribution in [0.1, 0.15) is 19.5 Å². The number of H-pyrrole nitrogens is 1. The number of hydrogen-bond acceptors (Lipinski definition) is 3. The molecule has 0 radical (unpaired) electrons. The van der Waals surface area contributed by atoms with Crippen LogP contribution in [0.15, 0.2) is 32.1 Å². The van der Waals surface area contributed by atoms with Crippen LogP contribution in [0.2, 0.25) is 0 Å². The topological polar surface area (TPSA) is 58.9 Å². The number of nitrogens with zero attached hydrogens (tertiary/aromatic N) is 1. The van der Waals surface area contributed by atoms with Crippen molar-refractivity contribution in [1.29, 1.82) is 0 Å². The number of rotatable bonds is 3. The van der Waals surface area contributed by atoms with Gasteiger partial charge >= 0.3 is 0 Å². The molecule has 0 amide bonds.